The van der Waals surface area contributed by atoms with Crippen LogP contribution in [0.5, 0.6) is 0 Å². The number of anilines is 2. The van der Waals surface area contributed by atoms with Gasteiger partial charge in [0.15, 0.2) is 5.76 Å². The molecule has 3 rings (SSSR count). The zero-order chi connectivity index (χ0) is 17.3. The summed E-state index contributed by atoms with van der Waals surface area (Å²) in [5.41, 5.74) is 1.91. The van der Waals surface area contributed by atoms with E-state index in [1.54, 1.807) is 31.0 Å². The van der Waals surface area contributed by atoms with E-state index < -0.39 is 11.8 Å². The minimum atomic E-state index is -0.459. The maximum absolute atomic E-state index is 12.6. The Kier molecular flexibility index (Phi) is 3.90. The standard InChI is InChI=1S/C15H16N6O3/c1-9-10(7-16-20(9)2)18-15(23)13-11(8-17-21(13)3)19-14(22)12-5-4-6-24-12/h4-8H,1-3H3,(H,18,23)(H,19,22). The summed E-state index contributed by atoms with van der Waals surface area (Å²) >= 11 is 0. The van der Waals surface area contributed by atoms with Crippen LogP contribution in [0.25, 0.3) is 0 Å². The molecule has 2 amide bonds. The van der Waals surface area contributed by atoms with Gasteiger partial charge in [-0.05, 0) is 19.1 Å². The van der Waals surface area contributed by atoms with E-state index in [0.717, 1.165) is 5.69 Å². The minimum Gasteiger partial charge on any atom is -0.459 e. The maximum atomic E-state index is 12.6. The molecule has 3 aromatic rings. The molecule has 0 unspecified atom stereocenters. The van der Waals surface area contributed by atoms with Gasteiger partial charge in [0.1, 0.15) is 5.69 Å². The largest absolute Gasteiger partial charge is 0.459 e. The average Bonchev–Trinajstić information content (AvgIpc) is 3.26. The number of hydrogen-bond acceptors (Lipinski definition) is 5. The first-order chi connectivity index (χ1) is 11.5. The van der Waals surface area contributed by atoms with Crippen molar-refractivity contribution < 1.29 is 14.0 Å². The number of amides is 2. The molecule has 2 N–H and O–H groups in total. The molecule has 0 spiro atoms. The fourth-order valence-corrected chi connectivity index (χ4v) is 2.19. The molecule has 0 fully saturated rings. The first kappa shape index (κ1) is 15.5. The van der Waals surface area contributed by atoms with Crippen molar-refractivity contribution >= 4 is 23.2 Å². The molecular formula is C15H16N6O3. The summed E-state index contributed by atoms with van der Waals surface area (Å²) < 4.78 is 8.08. The lowest BCUT2D eigenvalue weighted by Gasteiger charge is -2.08. The van der Waals surface area contributed by atoms with Crippen LogP contribution in [0.3, 0.4) is 0 Å². The first-order valence-electron chi connectivity index (χ1n) is 7.14. The third kappa shape index (κ3) is 2.78. The summed E-state index contributed by atoms with van der Waals surface area (Å²) in [6.07, 6.45) is 4.37. The molecule has 0 aliphatic rings. The summed E-state index contributed by atoms with van der Waals surface area (Å²) in [6.45, 7) is 1.84. The molecule has 3 aromatic heterocycles. The zero-order valence-corrected chi connectivity index (χ0v) is 13.4. The second-order valence-corrected chi connectivity index (χ2v) is 5.18. The van der Waals surface area contributed by atoms with E-state index in [0.29, 0.717) is 5.69 Å². The molecular weight excluding hydrogens is 312 g/mol. The molecule has 0 aliphatic heterocycles. The van der Waals surface area contributed by atoms with E-state index in [4.69, 9.17) is 4.42 Å². The van der Waals surface area contributed by atoms with Crippen LogP contribution in [0, 0.1) is 6.92 Å². The first-order valence-corrected chi connectivity index (χ1v) is 7.14. The summed E-state index contributed by atoms with van der Waals surface area (Å²) in [5.74, 6) is -0.714. The Hall–Kier alpha value is -3.36. The third-order valence-electron chi connectivity index (χ3n) is 3.63. The Morgan fingerprint density at radius 1 is 1.04 bits per heavy atom. The fourth-order valence-electron chi connectivity index (χ4n) is 2.19. The van der Waals surface area contributed by atoms with Crippen LogP contribution in [0.4, 0.5) is 11.4 Å². The van der Waals surface area contributed by atoms with Crippen LogP contribution >= 0.6 is 0 Å². The lowest BCUT2D eigenvalue weighted by atomic mass is 10.3. The highest BCUT2D eigenvalue weighted by molar-refractivity contribution is 6.11. The zero-order valence-electron chi connectivity index (χ0n) is 13.4. The van der Waals surface area contributed by atoms with E-state index in [2.05, 4.69) is 20.8 Å². The highest BCUT2D eigenvalue weighted by atomic mass is 16.3. The maximum Gasteiger partial charge on any atom is 0.291 e. The summed E-state index contributed by atoms with van der Waals surface area (Å²) in [5, 5.41) is 13.5. The van der Waals surface area contributed by atoms with Crippen LogP contribution in [0.2, 0.25) is 0 Å². The third-order valence-corrected chi connectivity index (χ3v) is 3.63. The Morgan fingerprint density at radius 3 is 2.33 bits per heavy atom. The monoisotopic (exact) mass is 328 g/mol. The van der Waals surface area contributed by atoms with Gasteiger partial charge in [0.2, 0.25) is 0 Å². The van der Waals surface area contributed by atoms with Gasteiger partial charge in [0, 0.05) is 14.1 Å². The normalized spacial score (nSPS) is 10.6. The fraction of sp³-hybridized carbons (Fsp3) is 0.200. The summed E-state index contributed by atoms with van der Waals surface area (Å²) in [4.78, 5) is 24.7. The smallest absolute Gasteiger partial charge is 0.291 e. The van der Waals surface area contributed by atoms with Crippen molar-refractivity contribution in [3.63, 3.8) is 0 Å². The molecule has 124 valence electrons. The van der Waals surface area contributed by atoms with Crippen LogP contribution in [0.1, 0.15) is 26.7 Å². The van der Waals surface area contributed by atoms with Gasteiger partial charge in [-0.1, -0.05) is 0 Å². The van der Waals surface area contributed by atoms with E-state index in [-0.39, 0.29) is 17.1 Å². The number of furan rings is 1. The SMILES string of the molecule is Cc1c(NC(=O)c2c(NC(=O)c3ccco3)cnn2C)cnn1C. The number of carbonyl (C=O) groups excluding carboxylic acids is 2. The Morgan fingerprint density at radius 2 is 1.71 bits per heavy atom. The molecule has 0 radical (unpaired) electrons. The molecule has 9 heteroatoms. The Bertz CT molecular complexity index is 891. The Labute approximate surface area is 137 Å². The molecule has 0 saturated heterocycles. The molecule has 0 aromatic carbocycles. The van der Waals surface area contributed by atoms with Gasteiger partial charge < -0.3 is 15.1 Å². The number of carbonyl (C=O) groups is 2. The van der Waals surface area contributed by atoms with Crippen molar-refractivity contribution in [2.24, 2.45) is 14.1 Å². The van der Waals surface area contributed by atoms with Crippen LogP contribution in [-0.2, 0) is 14.1 Å². The molecule has 9 nitrogen and oxygen atoms in total. The number of nitrogens with zero attached hydrogens (tertiary/aromatic N) is 4. The van der Waals surface area contributed by atoms with E-state index >= 15 is 0 Å². The van der Waals surface area contributed by atoms with E-state index in [1.165, 1.54) is 23.2 Å². The molecule has 0 bridgehead atoms. The van der Waals surface area contributed by atoms with Crippen molar-refractivity contribution in [1.82, 2.24) is 19.6 Å². The highest BCUT2D eigenvalue weighted by Crippen LogP contribution is 2.19. The van der Waals surface area contributed by atoms with Crippen molar-refractivity contribution in [2.75, 3.05) is 10.6 Å². The van der Waals surface area contributed by atoms with Gasteiger partial charge in [0.05, 0.1) is 35.7 Å². The quantitative estimate of drug-likeness (QED) is 0.756. The van der Waals surface area contributed by atoms with Gasteiger partial charge in [0.25, 0.3) is 11.8 Å². The predicted octanol–water partition coefficient (Wildman–Crippen LogP) is 1.56. The van der Waals surface area contributed by atoms with Crippen LogP contribution < -0.4 is 10.6 Å². The molecule has 0 aliphatic carbocycles. The van der Waals surface area contributed by atoms with Gasteiger partial charge in [-0.3, -0.25) is 19.0 Å². The number of hydrogen-bond donors (Lipinski definition) is 2. The molecule has 3 heterocycles. The second-order valence-electron chi connectivity index (χ2n) is 5.18. The van der Waals surface area contributed by atoms with E-state index in [1.807, 2.05) is 6.92 Å². The summed E-state index contributed by atoms with van der Waals surface area (Å²) in [7, 11) is 3.40. The molecule has 0 atom stereocenters. The van der Waals surface area contributed by atoms with Gasteiger partial charge in [-0.2, -0.15) is 10.2 Å². The van der Waals surface area contributed by atoms with Crippen molar-refractivity contribution in [3.05, 3.63) is 47.9 Å². The number of aromatic nitrogens is 4. The van der Waals surface area contributed by atoms with Crippen molar-refractivity contribution in [2.45, 2.75) is 6.92 Å². The van der Waals surface area contributed by atoms with Gasteiger partial charge >= 0.3 is 0 Å². The average molecular weight is 328 g/mol. The lowest BCUT2D eigenvalue weighted by Crippen LogP contribution is -2.20. The molecule has 24 heavy (non-hydrogen) atoms. The van der Waals surface area contributed by atoms with Crippen molar-refractivity contribution in [3.8, 4) is 0 Å². The topological polar surface area (TPSA) is 107 Å². The minimum absolute atomic E-state index is 0.147. The number of nitrogens with one attached hydrogen (secondary N) is 2. The summed E-state index contributed by atoms with van der Waals surface area (Å²) in [6, 6.07) is 3.14. The van der Waals surface area contributed by atoms with Crippen molar-refractivity contribution in [1.29, 1.82) is 0 Å². The van der Waals surface area contributed by atoms with Gasteiger partial charge in [-0.15, -0.1) is 0 Å². The second kappa shape index (κ2) is 6.03. The van der Waals surface area contributed by atoms with E-state index in [9.17, 15) is 9.59 Å². The molecule has 0 saturated carbocycles. The van der Waals surface area contributed by atoms with Crippen LogP contribution in [-0.4, -0.2) is 31.4 Å². The Balaban J connectivity index is 1.83. The van der Waals surface area contributed by atoms with Crippen LogP contribution in [0.15, 0.2) is 35.2 Å². The lowest BCUT2D eigenvalue weighted by molar-refractivity contribution is 0.0996. The van der Waals surface area contributed by atoms with Gasteiger partial charge in [-0.25, -0.2) is 0 Å². The highest BCUT2D eigenvalue weighted by Gasteiger charge is 2.21. The number of aryl methyl sites for hydroxylation is 2. The predicted molar refractivity (Wildman–Crippen MR) is 85.8 cm³/mol. The number of rotatable bonds is 4.